The molecule has 1 saturated heterocycles. The monoisotopic (exact) mass is 389 g/mol. The van der Waals surface area contributed by atoms with Crippen LogP contribution in [0.2, 0.25) is 5.02 Å². The van der Waals surface area contributed by atoms with E-state index in [0.29, 0.717) is 33.1 Å². The Hall–Kier alpha value is -1.82. The van der Waals surface area contributed by atoms with Crippen LogP contribution in [0.15, 0.2) is 53.4 Å². The van der Waals surface area contributed by atoms with Crippen LogP contribution in [0.5, 0.6) is 5.75 Å². The second-order valence-corrected chi connectivity index (χ2v) is 7.43. The van der Waals surface area contributed by atoms with Crippen molar-refractivity contribution in [3.05, 3.63) is 69.6 Å². The first-order chi connectivity index (χ1) is 12.1. The normalized spacial score (nSPS) is 15.9. The van der Waals surface area contributed by atoms with Crippen molar-refractivity contribution in [2.45, 2.75) is 13.5 Å². The molecule has 3 rings (SSSR count). The number of thioether (sulfide) groups is 1. The minimum absolute atomic E-state index is 0.0570. The number of likely N-dealkylation sites (N-methyl/N-ethyl adjacent to an activating group) is 1. The molecule has 1 aliphatic heterocycles. The Labute approximate surface area is 161 Å². The number of hydrogen-bond donors (Lipinski definition) is 0. The summed E-state index contributed by atoms with van der Waals surface area (Å²) in [4.78, 5) is 14.6. The molecule has 1 aliphatic rings. The Bertz CT molecular complexity index is 851. The Kier molecular flexibility index (Phi) is 5.78. The molecule has 0 aliphatic carbocycles. The van der Waals surface area contributed by atoms with Crippen molar-refractivity contribution in [2.24, 2.45) is 0 Å². The number of carbonyl (C=O) groups is 1. The molecule has 0 aromatic heterocycles. The lowest BCUT2D eigenvalue weighted by Gasteiger charge is -2.11. The molecule has 0 radical (unpaired) electrons. The fourth-order valence-corrected chi connectivity index (χ4v) is 3.98. The maximum Gasteiger partial charge on any atom is 0.266 e. The van der Waals surface area contributed by atoms with Crippen molar-refractivity contribution in [3.63, 3.8) is 0 Å². The van der Waals surface area contributed by atoms with Gasteiger partial charge in [-0.2, -0.15) is 0 Å². The van der Waals surface area contributed by atoms with Gasteiger partial charge in [-0.25, -0.2) is 0 Å². The average molecular weight is 390 g/mol. The van der Waals surface area contributed by atoms with Gasteiger partial charge in [0.2, 0.25) is 0 Å². The topological polar surface area (TPSA) is 29.5 Å². The Morgan fingerprint density at radius 3 is 2.64 bits per heavy atom. The SMILES string of the molecule is CCN1C(=O)/C(=C/c2ccccc2OCc2ccccc2Cl)SC1=S. The van der Waals surface area contributed by atoms with Crippen LogP contribution in [0, 0.1) is 0 Å². The summed E-state index contributed by atoms with van der Waals surface area (Å²) in [6.07, 6.45) is 1.83. The van der Waals surface area contributed by atoms with Gasteiger partial charge in [0, 0.05) is 22.7 Å². The lowest BCUT2D eigenvalue weighted by molar-refractivity contribution is -0.121. The molecule has 6 heteroatoms. The predicted molar refractivity (Wildman–Crippen MR) is 108 cm³/mol. The number of amides is 1. The van der Waals surface area contributed by atoms with Crippen LogP contribution >= 0.6 is 35.6 Å². The number of rotatable bonds is 5. The summed E-state index contributed by atoms with van der Waals surface area (Å²) in [7, 11) is 0. The van der Waals surface area contributed by atoms with Gasteiger partial charge >= 0.3 is 0 Å². The van der Waals surface area contributed by atoms with Crippen LogP contribution in [-0.4, -0.2) is 21.7 Å². The Balaban J connectivity index is 1.82. The molecular weight excluding hydrogens is 374 g/mol. The zero-order valence-electron chi connectivity index (χ0n) is 13.6. The van der Waals surface area contributed by atoms with Crippen LogP contribution in [0.25, 0.3) is 6.08 Å². The highest BCUT2D eigenvalue weighted by Gasteiger charge is 2.30. The van der Waals surface area contributed by atoms with E-state index in [1.807, 2.05) is 61.5 Å². The molecule has 0 spiro atoms. The number of hydrogen-bond acceptors (Lipinski definition) is 4. The standard InChI is InChI=1S/C19H16ClNO2S2/c1-2-21-18(22)17(25-19(21)24)11-13-7-4-6-10-16(13)23-12-14-8-3-5-9-15(14)20/h3-11H,2,12H2,1H3/b17-11-. The van der Waals surface area contributed by atoms with E-state index >= 15 is 0 Å². The number of halogens is 1. The van der Waals surface area contributed by atoms with Gasteiger partial charge in [-0.3, -0.25) is 9.69 Å². The maximum absolute atomic E-state index is 12.4. The van der Waals surface area contributed by atoms with Crippen LogP contribution < -0.4 is 4.74 Å². The van der Waals surface area contributed by atoms with E-state index in [2.05, 4.69) is 0 Å². The molecule has 2 aromatic carbocycles. The van der Waals surface area contributed by atoms with Gasteiger partial charge in [0.15, 0.2) is 0 Å². The third-order valence-electron chi connectivity index (χ3n) is 3.74. The van der Waals surface area contributed by atoms with Gasteiger partial charge in [-0.1, -0.05) is 72.0 Å². The lowest BCUT2D eigenvalue weighted by Crippen LogP contribution is -2.27. The summed E-state index contributed by atoms with van der Waals surface area (Å²) in [5.41, 5.74) is 1.75. The molecule has 1 fully saturated rings. The van der Waals surface area contributed by atoms with Gasteiger partial charge in [0.25, 0.3) is 5.91 Å². The number of ether oxygens (including phenoxy) is 1. The molecule has 0 N–H and O–H groups in total. The largest absolute Gasteiger partial charge is 0.488 e. The van der Waals surface area contributed by atoms with E-state index in [-0.39, 0.29) is 5.91 Å². The molecule has 0 atom stereocenters. The first-order valence-electron chi connectivity index (χ1n) is 7.80. The van der Waals surface area contributed by atoms with Gasteiger partial charge in [-0.15, -0.1) is 0 Å². The number of benzene rings is 2. The van der Waals surface area contributed by atoms with Crippen molar-refractivity contribution >= 4 is 51.9 Å². The summed E-state index contributed by atoms with van der Waals surface area (Å²) in [6, 6.07) is 15.2. The van der Waals surface area contributed by atoms with E-state index in [9.17, 15) is 4.79 Å². The molecule has 1 amide bonds. The van der Waals surface area contributed by atoms with E-state index in [0.717, 1.165) is 11.1 Å². The highest BCUT2D eigenvalue weighted by Crippen LogP contribution is 2.34. The average Bonchev–Trinajstić information content (AvgIpc) is 2.88. The Morgan fingerprint density at radius 2 is 1.92 bits per heavy atom. The molecule has 0 saturated carbocycles. The van der Waals surface area contributed by atoms with Crippen molar-refractivity contribution < 1.29 is 9.53 Å². The molecule has 0 bridgehead atoms. The fourth-order valence-electron chi connectivity index (χ4n) is 2.42. The van der Waals surface area contributed by atoms with Gasteiger partial charge in [0.05, 0.1) is 4.91 Å². The molecule has 25 heavy (non-hydrogen) atoms. The van der Waals surface area contributed by atoms with Crippen LogP contribution in [0.1, 0.15) is 18.1 Å². The molecule has 0 unspecified atom stereocenters. The van der Waals surface area contributed by atoms with Crippen molar-refractivity contribution in [2.75, 3.05) is 6.54 Å². The smallest absolute Gasteiger partial charge is 0.266 e. The highest BCUT2D eigenvalue weighted by molar-refractivity contribution is 8.26. The van der Waals surface area contributed by atoms with Crippen molar-refractivity contribution in [3.8, 4) is 5.75 Å². The first kappa shape index (κ1) is 18.0. The highest BCUT2D eigenvalue weighted by atomic mass is 35.5. The van der Waals surface area contributed by atoms with E-state index in [1.54, 1.807) is 4.90 Å². The predicted octanol–water partition coefficient (Wildman–Crippen LogP) is 5.14. The van der Waals surface area contributed by atoms with Crippen LogP contribution in [0.4, 0.5) is 0 Å². The van der Waals surface area contributed by atoms with Gasteiger partial charge in [0.1, 0.15) is 16.7 Å². The zero-order valence-corrected chi connectivity index (χ0v) is 16.0. The molecular formula is C19H16ClNO2S2. The second kappa shape index (κ2) is 8.04. The molecule has 128 valence electrons. The van der Waals surface area contributed by atoms with Crippen LogP contribution in [-0.2, 0) is 11.4 Å². The lowest BCUT2D eigenvalue weighted by atomic mass is 10.1. The van der Waals surface area contributed by atoms with Gasteiger partial charge < -0.3 is 4.74 Å². The van der Waals surface area contributed by atoms with E-state index in [1.165, 1.54) is 11.8 Å². The summed E-state index contributed by atoms with van der Waals surface area (Å²) < 4.78 is 6.52. The van der Waals surface area contributed by atoms with Crippen molar-refractivity contribution in [1.29, 1.82) is 0 Å². The Morgan fingerprint density at radius 1 is 1.20 bits per heavy atom. The molecule has 2 aromatic rings. The van der Waals surface area contributed by atoms with Gasteiger partial charge in [-0.05, 0) is 25.1 Å². The minimum Gasteiger partial charge on any atom is -0.488 e. The first-order valence-corrected chi connectivity index (χ1v) is 9.41. The van der Waals surface area contributed by atoms with Crippen LogP contribution in [0.3, 0.4) is 0 Å². The minimum atomic E-state index is -0.0570. The quantitative estimate of drug-likeness (QED) is 0.523. The second-order valence-electron chi connectivity index (χ2n) is 5.34. The summed E-state index contributed by atoms with van der Waals surface area (Å²) >= 11 is 12.7. The number of carbonyl (C=O) groups excluding carboxylic acids is 1. The summed E-state index contributed by atoms with van der Waals surface area (Å²) in [6.45, 7) is 2.85. The van der Waals surface area contributed by atoms with E-state index < -0.39 is 0 Å². The number of para-hydroxylation sites is 1. The molecule has 3 nitrogen and oxygen atoms in total. The van der Waals surface area contributed by atoms with Crippen molar-refractivity contribution in [1.82, 2.24) is 4.90 Å². The van der Waals surface area contributed by atoms with E-state index in [4.69, 9.17) is 28.6 Å². The number of thiocarbonyl (C=S) groups is 1. The fraction of sp³-hybridized carbons (Fsp3) is 0.158. The summed E-state index contributed by atoms with van der Waals surface area (Å²) in [5, 5.41) is 0.670. The maximum atomic E-state index is 12.4. The number of nitrogens with zero attached hydrogens (tertiary/aromatic N) is 1. The molecule has 1 heterocycles. The zero-order chi connectivity index (χ0) is 17.8. The third-order valence-corrected chi connectivity index (χ3v) is 5.48. The third kappa shape index (κ3) is 4.06. The summed E-state index contributed by atoms with van der Waals surface area (Å²) in [5.74, 6) is 0.641.